The highest BCUT2D eigenvalue weighted by atomic mass is 32.2. The summed E-state index contributed by atoms with van der Waals surface area (Å²) in [4.78, 5) is 26.5. The standard InChI is InChI=1S/C21H25FN2S.C4H4O4/c1-3-15-4-7-20-18(12-15)19(24-10-8-23(2)9-11-24)13-16-5-6-17(22)14-21(16)25-20;5-3(6)1-2-4(7)8/h4-7,12,14,19H,3,8-11,13H2,1-2H3;1-2H,(H,5,6)(H,7,8)/b;2-1+. The number of carboxylic acids is 2. The van der Waals surface area contributed by atoms with Crippen LogP contribution in [0.3, 0.4) is 0 Å². The van der Waals surface area contributed by atoms with Crippen molar-refractivity contribution in [2.24, 2.45) is 0 Å². The summed E-state index contributed by atoms with van der Waals surface area (Å²) in [5.74, 6) is -2.66. The summed E-state index contributed by atoms with van der Waals surface area (Å²) in [6.07, 6.45) is 3.13. The number of carbonyl (C=O) groups is 2. The third-order valence-corrected chi connectivity index (χ3v) is 7.04. The Hall–Kier alpha value is -2.68. The van der Waals surface area contributed by atoms with Gasteiger partial charge in [0.15, 0.2) is 0 Å². The molecule has 0 aromatic heterocycles. The van der Waals surface area contributed by atoms with Gasteiger partial charge in [-0.2, -0.15) is 0 Å². The topological polar surface area (TPSA) is 81.1 Å². The number of hydrogen-bond acceptors (Lipinski definition) is 5. The number of aryl methyl sites for hydroxylation is 1. The lowest BCUT2D eigenvalue weighted by molar-refractivity contribution is -0.134. The zero-order valence-electron chi connectivity index (χ0n) is 18.8. The second-order valence-corrected chi connectivity index (χ2v) is 9.23. The van der Waals surface area contributed by atoms with Gasteiger partial charge in [-0.1, -0.05) is 36.9 Å². The van der Waals surface area contributed by atoms with Gasteiger partial charge in [0, 0.05) is 54.2 Å². The summed E-state index contributed by atoms with van der Waals surface area (Å²) in [5, 5.41) is 15.6. The van der Waals surface area contributed by atoms with Crippen molar-refractivity contribution in [2.75, 3.05) is 33.2 Å². The number of rotatable bonds is 4. The van der Waals surface area contributed by atoms with Gasteiger partial charge in [0.2, 0.25) is 0 Å². The van der Waals surface area contributed by atoms with E-state index in [0.717, 1.165) is 43.9 Å². The maximum atomic E-state index is 13.8. The van der Waals surface area contributed by atoms with Gasteiger partial charge >= 0.3 is 11.9 Å². The van der Waals surface area contributed by atoms with E-state index >= 15 is 0 Å². The smallest absolute Gasteiger partial charge is 0.328 e. The molecule has 2 aliphatic heterocycles. The van der Waals surface area contributed by atoms with Crippen molar-refractivity contribution in [1.82, 2.24) is 9.80 Å². The van der Waals surface area contributed by atoms with Crippen LogP contribution in [0.4, 0.5) is 4.39 Å². The molecule has 176 valence electrons. The van der Waals surface area contributed by atoms with E-state index < -0.39 is 11.9 Å². The molecule has 1 atom stereocenters. The Balaban J connectivity index is 0.000000331. The van der Waals surface area contributed by atoms with Crippen molar-refractivity contribution in [2.45, 2.75) is 35.6 Å². The number of carboxylic acid groups (broad SMARTS) is 2. The Morgan fingerprint density at radius 2 is 1.70 bits per heavy atom. The fourth-order valence-electron chi connectivity index (χ4n) is 4.00. The van der Waals surface area contributed by atoms with Crippen LogP contribution in [0.15, 0.2) is 58.3 Å². The van der Waals surface area contributed by atoms with Crippen molar-refractivity contribution in [1.29, 1.82) is 0 Å². The van der Waals surface area contributed by atoms with Crippen LogP contribution < -0.4 is 0 Å². The van der Waals surface area contributed by atoms with Crippen LogP contribution in [-0.4, -0.2) is 65.2 Å². The molecule has 0 spiro atoms. The van der Waals surface area contributed by atoms with E-state index in [1.807, 2.05) is 6.07 Å². The molecular weight excluding hydrogens is 443 g/mol. The molecule has 1 saturated heterocycles. The van der Waals surface area contributed by atoms with E-state index in [4.69, 9.17) is 10.2 Å². The van der Waals surface area contributed by atoms with Gasteiger partial charge in [0.25, 0.3) is 0 Å². The van der Waals surface area contributed by atoms with Crippen LogP contribution in [0.5, 0.6) is 0 Å². The lowest BCUT2D eigenvalue weighted by Crippen LogP contribution is -2.46. The monoisotopic (exact) mass is 472 g/mol. The fraction of sp³-hybridized carbons (Fsp3) is 0.360. The zero-order chi connectivity index (χ0) is 24.0. The van der Waals surface area contributed by atoms with Gasteiger partial charge in [-0.3, -0.25) is 4.90 Å². The number of likely N-dealkylation sites (N-methyl/N-ethyl adjacent to an activating group) is 1. The maximum Gasteiger partial charge on any atom is 0.328 e. The summed E-state index contributed by atoms with van der Waals surface area (Å²) in [6.45, 7) is 6.63. The fourth-order valence-corrected chi connectivity index (χ4v) is 5.14. The van der Waals surface area contributed by atoms with E-state index in [-0.39, 0.29) is 5.82 Å². The molecule has 2 heterocycles. The lowest BCUT2D eigenvalue weighted by atomic mass is 9.95. The van der Waals surface area contributed by atoms with Crippen LogP contribution >= 0.6 is 11.8 Å². The molecule has 2 aliphatic rings. The highest BCUT2D eigenvalue weighted by molar-refractivity contribution is 7.99. The molecule has 2 aromatic rings. The molecule has 0 radical (unpaired) electrons. The quantitative estimate of drug-likeness (QED) is 0.649. The van der Waals surface area contributed by atoms with Crippen LogP contribution in [-0.2, 0) is 22.4 Å². The normalized spacial score (nSPS) is 18.6. The maximum absolute atomic E-state index is 13.8. The van der Waals surface area contributed by atoms with Gasteiger partial charge < -0.3 is 15.1 Å². The van der Waals surface area contributed by atoms with Gasteiger partial charge in [0.1, 0.15) is 5.82 Å². The van der Waals surface area contributed by atoms with E-state index in [2.05, 4.69) is 42.0 Å². The number of nitrogens with zero attached hydrogens (tertiary/aromatic N) is 2. The summed E-state index contributed by atoms with van der Waals surface area (Å²) in [7, 11) is 2.20. The Labute approximate surface area is 197 Å². The Kier molecular flexibility index (Phi) is 8.66. The summed E-state index contributed by atoms with van der Waals surface area (Å²) in [6, 6.07) is 12.5. The molecule has 8 heteroatoms. The Bertz CT molecular complexity index is 1020. The summed E-state index contributed by atoms with van der Waals surface area (Å²) < 4.78 is 13.8. The molecule has 33 heavy (non-hydrogen) atoms. The molecule has 0 saturated carbocycles. The van der Waals surface area contributed by atoms with Gasteiger partial charge in [-0.05, 0) is 54.8 Å². The third-order valence-electron chi connectivity index (χ3n) is 5.85. The van der Waals surface area contributed by atoms with Crippen molar-refractivity contribution in [3.8, 4) is 0 Å². The Morgan fingerprint density at radius 3 is 2.30 bits per heavy atom. The molecule has 1 fully saturated rings. The number of hydrogen-bond donors (Lipinski definition) is 2. The zero-order valence-corrected chi connectivity index (χ0v) is 19.6. The first-order valence-corrected chi connectivity index (χ1v) is 11.7. The van der Waals surface area contributed by atoms with Gasteiger partial charge in [0.05, 0.1) is 0 Å². The number of benzene rings is 2. The van der Waals surface area contributed by atoms with Crippen LogP contribution in [0.25, 0.3) is 0 Å². The van der Waals surface area contributed by atoms with E-state index in [1.165, 1.54) is 21.6 Å². The molecule has 4 rings (SSSR count). The minimum atomic E-state index is -1.26. The number of aliphatic carboxylic acids is 2. The second kappa shape index (κ2) is 11.4. The predicted molar refractivity (Wildman–Crippen MR) is 126 cm³/mol. The van der Waals surface area contributed by atoms with Crippen LogP contribution in [0.1, 0.15) is 29.7 Å². The minimum Gasteiger partial charge on any atom is -0.478 e. The van der Waals surface area contributed by atoms with Crippen molar-refractivity contribution in [3.05, 3.63) is 71.1 Å². The Morgan fingerprint density at radius 1 is 1.03 bits per heavy atom. The summed E-state index contributed by atoms with van der Waals surface area (Å²) >= 11 is 1.73. The summed E-state index contributed by atoms with van der Waals surface area (Å²) in [5.41, 5.74) is 4.07. The third kappa shape index (κ3) is 6.90. The molecule has 6 nitrogen and oxygen atoms in total. The van der Waals surface area contributed by atoms with E-state index in [1.54, 1.807) is 23.9 Å². The molecule has 0 bridgehead atoms. The lowest BCUT2D eigenvalue weighted by Gasteiger charge is -2.38. The average molecular weight is 473 g/mol. The largest absolute Gasteiger partial charge is 0.478 e. The first-order chi connectivity index (χ1) is 15.8. The van der Waals surface area contributed by atoms with Crippen LogP contribution in [0, 0.1) is 5.82 Å². The van der Waals surface area contributed by atoms with Crippen LogP contribution in [0.2, 0.25) is 0 Å². The average Bonchev–Trinajstić information content (AvgIpc) is 2.94. The number of piperazine rings is 1. The van der Waals surface area contributed by atoms with E-state index in [9.17, 15) is 14.0 Å². The van der Waals surface area contributed by atoms with Gasteiger partial charge in [-0.25, -0.2) is 14.0 Å². The highest BCUT2D eigenvalue weighted by Gasteiger charge is 2.29. The number of fused-ring (bicyclic) bond motifs is 2. The SMILES string of the molecule is CCc1ccc2c(c1)C(N1CCN(C)CC1)Cc1ccc(F)cc1S2.O=C(O)/C=C/C(=O)O. The predicted octanol–water partition coefficient (Wildman–Crippen LogP) is 4.10. The molecular formula is C25H29FN2O4S. The first kappa shape index (κ1) is 25.0. The number of halogens is 1. The molecule has 0 aliphatic carbocycles. The van der Waals surface area contributed by atoms with Gasteiger partial charge in [-0.15, -0.1) is 0 Å². The van der Waals surface area contributed by atoms with E-state index in [0.29, 0.717) is 18.2 Å². The molecule has 2 aromatic carbocycles. The molecule has 0 amide bonds. The second-order valence-electron chi connectivity index (χ2n) is 8.15. The van der Waals surface area contributed by atoms with Crippen molar-refractivity contribution >= 4 is 23.7 Å². The minimum absolute atomic E-state index is 0.143. The van der Waals surface area contributed by atoms with Crippen molar-refractivity contribution in [3.63, 3.8) is 0 Å². The van der Waals surface area contributed by atoms with Crippen molar-refractivity contribution < 1.29 is 24.2 Å². The first-order valence-electron chi connectivity index (χ1n) is 10.9. The highest BCUT2D eigenvalue weighted by Crippen LogP contribution is 2.43. The molecule has 2 N–H and O–H groups in total. The molecule has 1 unspecified atom stereocenters.